The summed E-state index contributed by atoms with van der Waals surface area (Å²) in [5.41, 5.74) is 0.984. The van der Waals surface area contributed by atoms with Gasteiger partial charge in [-0.1, -0.05) is 43.0 Å². The Hall–Kier alpha value is -2.13. The number of hydrogen-bond donors (Lipinski definition) is 0. The van der Waals surface area contributed by atoms with Gasteiger partial charge in [-0.15, -0.1) is 0 Å². The Kier molecular flexibility index (Phi) is 5.79. The Labute approximate surface area is 144 Å². The lowest BCUT2D eigenvalue weighted by atomic mass is 10.0. The molecular weight excluding hydrogens is 300 g/mol. The number of ether oxygens (including phenoxy) is 2. The Balaban J connectivity index is 1.91. The highest BCUT2D eigenvalue weighted by Gasteiger charge is 2.23. The molecular formula is C21H26O3. The summed E-state index contributed by atoms with van der Waals surface area (Å²) >= 11 is 0. The van der Waals surface area contributed by atoms with E-state index in [2.05, 4.69) is 36.9 Å². The van der Waals surface area contributed by atoms with Gasteiger partial charge in [0.15, 0.2) is 0 Å². The largest absolute Gasteiger partial charge is 0.456 e. The van der Waals surface area contributed by atoms with Crippen molar-refractivity contribution in [2.24, 2.45) is 0 Å². The average Bonchev–Trinajstić information content (AvgIpc) is 2.53. The molecule has 0 heterocycles. The van der Waals surface area contributed by atoms with E-state index in [4.69, 9.17) is 9.47 Å². The van der Waals surface area contributed by atoms with Gasteiger partial charge in [-0.2, -0.15) is 0 Å². The van der Waals surface area contributed by atoms with Crippen LogP contribution in [-0.2, 0) is 14.3 Å². The third kappa shape index (κ3) is 4.93. The van der Waals surface area contributed by atoms with Crippen molar-refractivity contribution in [2.75, 3.05) is 6.61 Å². The predicted molar refractivity (Wildman–Crippen MR) is 97.9 cm³/mol. The van der Waals surface area contributed by atoms with E-state index in [-0.39, 0.29) is 12.1 Å². The van der Waals surface area contributed by atoms with Gasteiger partial charge in [-0.25, -0.2) is 4.79 Å². The Morgan fingerprint density at radius 2 is 1.83 bits per heavy atom. The number of rotatable bonds is 7. The van der Waals surface area contributed by atoms with Crippen LogP contribution in [0.25, 0.3) is 10.8 Å². The fraction of sp³-hybridized carbons (Fsp3) is 0.381. The van der Waals surface area contributed by atoms with Crippen LogP contribution in [0.4, 0.5) is 0 Å². The van der Waals surface area contributed by atoms with Crippen LogP contribution in [0.3, 0.4) is 0 Å². The van der Waals surface area contributed by atoms with Crippen molar-refractivity contribution in [1.82, 2.24) is 0 Å². The minimum Gasteiger partial charge on any atom is -0.456 e. The van der Waals surface area contributed by atoms with Crippen LogP contribution in [0, 0.1) is 0 Å². The quantitative estimate of drug-likeness (QED) is 0.518. The van der Waals surface area contributed by atoms with Crippen LogP contribution >= 0.6 is 0 Å². The first-order valence-electron chi connectivity index (χ1n) is 8.28. The van der Waals surface area contributed by atoms with Crippen molar-refractivity contribution >= 4 is 16.7 Å². The van der Waals surface area contributed by atoms with Crippen LogP contribution in [0.5, 0.6) is 0 Å². The Bertz CT molecular complexity index is 731. The number of fused-ring (bicyclic) bond motifs is 1. The van der Waals surface area contributed by atoms with Crippen molar-refractivity contribution in [1.29, 1.82) is 0 Å². The zero-order chi connectivity index (χ0) is 17.7. The van der Waals surface area contributed by atoms with Gasteiger partial charge in [-0.3, -0.25) is 0 Å². The first-order chi connectivity index (χ1) is 11.3. The molecule has 0 radical (unpaired) electrons. The summed E-state index contributed by atoms with van der Waals surface area (Å²) in [6.07, 6.45) is 0.617. The van der Waals surface area contributed by atoms with E-state index < -0.39 is 5.60 Å². The maximum Gasteiger partial charge on any atom is 0.333 e. The van der Waals surface area contributed by atoms with Crippen LogP contribution in [-0.4, -0.2) is 18.2 Å². The Morgan fingerprint density at radius 3 is 2.50 bits per heavy atom. The molecule has 0 aliphatic heterocycles. The number of hydrogen-bond acceptors (Lipinski definition) is 3. The molecule has 0 aliphatic rings. The third-order valence-electron chi connectivity index (χ3n) is 4.03. The molecule has 0 N–H and O–H groups in total. The summed E-state index contributed by atoms with van der Waals surface area (Å²) < 4.78 is 11.4. The smallest absolute Gasteiger partial charge is 0.333 e. The molecule has 0 fully saturated rings. The standard InChI is InChI=1S/C21H26O3/c1-15(2)20(22)24-21(4,5)12-13-23-16(3)18-11-10-17-8-6-7-9-19(17)14-18/h6-11,14,16H,1,12-13H2,2-5H3. The molecule has 2 aromatic carbocycles. The first kappa shape index (κ1) is 18.2. The normalized spacial score (nSPS) is 12.8. The highest BCUT2D eigenvalue weighted by Crippen LogP contribution is 2.24. The lowest BCUT2D eigenvalue weighted by Gasteiger charge is -2.26. The first-order valence-corrected chi connectivity index (χ1v) is 8.28. The van der Waals surface area contributed by atoms with E-state index >= 15 is 0 Å². The molecule has 3 heteroatoms. The highest BCUT2D eigenvalue weighted by atomic mass is 16.6. The van der Waals surface area contributed by atoms with E-state index in [9.17, 15) is 4.79 Å². The van der Waals surface area contributed by atoms with E-state index in [1.54, 1.807) is 6.92 Å². The van der Waals surface area contributed by atoms with Crippen molar-refractivity contribution < 1.29 is 14.3 Å². The van der Waals surface area contributed by atoms with Crippen molar-refractivity contribution in [2.45, 2.75) is 45.8 Å². The third-order valence-corrected chi connectivity index (χ3v) is 4.03. The predicted octanol–water partition coefficient (Wildman–Crippen LogP) is 5.21. The molecule has 2 rings (SSSR count). The SMILES string of the molecule is C=C(C)C(=O)OC(C)(C)CCOC(C)c1ccc2ccccc2c1. The number of benzene rings is 2. The summed E-state index contributed by atoms with van der Waals surface area (Å²) in [5, 5.41) is 2.43. The monoisotopic (exact) mass is 326 g/mol. The van der Waals surface area contributed by atoms with Gasteiger partial charge in [0.2, 0.25) is 0 Å². The summed E-state index contributed by atoms with van der Waals surface area (Å²) in [4.78, 5) is 11.6. The molecule has 24 heavy (non-hydrogen) atoms. The van der Waals surface area contributed by atoms with Gasteiger partial charge < -0.3 is 9.47 Å². The van der Waals surface area contributed by atoms with Crippen LogP contribution in [0.2, 0.25) is 0 Å². The fourth-order valence-corrected chi connectivity index (χ4v) is 2.43. The maximum absolute atomic E-state index is 11.6. The van der Waals surface area contributed by atoms with Crippen LogP contribution in [0.15, 0.2) is 54.6 Å². The number of carbonyl (C=O) groups is 1. The summed E-state index contributed by atoms with van der Waals surface area (Å²) in [6, 6.07) is 14.6. The highest BCUT2D eigenvalue weighted by molar-refractivity contribution is 5.87. The van der Waals surface area contributed by atoms with Crippen molar-refractivity contribution in [3.63, 3.8) is 0 Å². The zero-order valence-electron chi connectivity index (χ0n) is 15.0. The second-order valence-electron chi connectivity index (χ2n) is 6.80. The molecule has 0 aromatic heterocycles. The second-order valence-corrected chi connectivity index (χ2v) is 6.80. The second kappa shape index (κ2) is 7.63. The minimum absolute atomic E-state index is 0.0118. The molecule has 3 nitrogen and oxygen atoms in total. The van der Waals surface area contributed by atoms with Gasteiger partial charge in [0, 0.05) is 12.0 Å². The van der Waals surface area contributed by atoms with Crippen LogP contribution in [0.1, 0.15) is 45.8 Å². The lowest BCUT2D eigenvalue weighted by molar-refractivity contribution is -0.153. The fourth-order valence-electron chi connectivity index (χ4n) is 2.43. The molecule has 0 saturated carbocycles. The molecule has 1 atom stereocenters. The Morgan fingerprint density at radius 1 is 1.17 bits per heavy atom. The lowest BCUT2D eigenvalue weighted by Crippen LogP contribution is -2.30. The summed E-state index contributed by atoms with van der Waals surface area (Å²) in [5.74, 6) is -0.359. The molecule has 0 spiro atoms. The molecule has 0 amide bonds. The van der Waals surface area contributed by atoms with Gasteiger partial charge in [-0.05, 0) is 50.1 Å². The molecule has 0 bridgehead atoms. The number of carbonyl (C=O) groups excluding carboxylic acids is 1. The topological polar surface area (TPSA) is 35.5 Å². The van der Waals surface area contributed by atoms with Gasteiger partial charge in [0.05, 0.1) is 12.7 Å². The molecule has 0 aliphatic carbocycles. The summed E-state index contributed by atoms with van der Waals surface area (Å²) in [7, 11) is 0. The molecule has 128 valence electrons. The van der Waals surface area contributed by atoms with Gasteiger partial charge in [0.1, 0.15) is 5.60 Å². The van der Waals surface area contributed by atoms with Gasteiger partial charge >= 0.3 is 5.97 Å². The van der Waals surface area contributed by atoms with Crippen LogP contribution < -0.4 is 0 Å². The number of esters is 1. The van der Waals surface area contributed by atoms with E-state index in [0.29, 0.717) is 18.6 Å². The van der Waals surface area contributed by atoms with Gasteiger partial charge in [0.25, 0.3) is 0 Å². The molecule has 1 unspecified atom stereocenters. The van der Waals surface area contributed by atoms with E-state index in [0.717, 1.165) is 5.56 Å². The summed E-state index contributed by atoms with van der Waals surface area (Å²) in [6.45, 7) is 11.6. The van der Waals surface area contributed by atoms with E-state index in [1.165, 1.54) is 10.8 Å². The van der Waals surface area contributed by atoms with E-state index in [1.807, 2.05) is 32.9 Å². The van der Waals surface area contributed by atoms with Crippen molar-refractivity contribution in [3.8, 4) is 0 Å². The van der Waals surface area contributed by atoms with Crippen molar-refractivity contribution in [3.05, 3.63) is 60.2 Å². The molecule has 0 saturated heterocycles. The maximum atomic E-state index is 11.6. The average molecular weight is 326 g/mol. The minimum atomic E-state index is -0.570. The molecule has 2 aromatic rings. The zero-order valence-corrected chi connectivity index (χ0v) is 15.0.